The molecule has 2 unspecified atom stereocenters. The Bertz CT molecular complexity index is 1280. The highest BCUT2D eigenvalue weighted by molar-refractivity contribution is 7.94. The minimum atomic E-state index is -4.94. The van der Waals surface area contributed by atoms with Crippen molar-refractivity contribution in [1.29, 1.82) is 0 Å². The van der Waals surface area contributed by atoms with E-state index >= 15 is 0 Å². The van der Waals surface area contributed by atoms with Crippen molar-refractivity contribution in [3.05, 3.63) is 72.5 Å². The molecule has 0 saturated heterocycles. The van der Waals surface area contributed by atoms with Crippen LogP contribution in [0.25, 0.3) is 0 Å². The van der Waals surface area contributed by atoms with Crippen LogP contribution in [0.15, 0.2) is 66.9 Å². The first-order chi connectivity index (χ1) is 18.9. The second-order valence-electron chi connectivity index (χ2n) is 11.5. The molecule has 0 bridgehead atoms. The molecule has 2 aromatic carbocycles. The van der Waals surface area contributed by atoms with Gasteiger partial charge in [0.15, 0.2) is 11.8 Å². The van der Waals surface area contributed by atoms with E-state index < -0.39 is 53.1 Å². The molecule has 0 radical (unpaired) electrons. The van der Waals surface area contributed by atoms with Gasteiger partial charge in [0, 0.05) is 5.41 Å². The van der Waals surface area contributed by atoms with Crippen molar-refractivity contribution in [2.24, 2.45) is 10.8 Å². The molecule has 0 aliphatic carbocycles. The first kappa shape index (κ1) is 34.5. The predicted octanol–water partition coefficient (Wildman–Crippen LogP) is 7.32. The molecule has 0 spiro atoms. The summed E-state index contributed by atoms with van der Waals surface area (Å²) in [7, 11) is -9.59. The highest BCUT2D eigenvalue weighted by Crippen LogP contribution is 2.56. The molecule has 41 heavy (non-hydrogen) atoms. The number of benzene rings is 2. The van der Waals surface area contributed by atoms with Gasteiger partial charge in [-0.2, -0.15) is 8.42 Å². The quantitative estimate of drug-likeness (QED) is 0.0716. The summed E-state index contributed by atoms with van der Waals surface area (Å²) in [6.45, 7) is 12.6. The van der Waals surface area contributed by atoms with E-state index in [0.717, 1.165) is 5.56 Å². The fourth-order valence-corrected chi connectivity index (χ4v) is 6.74. The molecule has 10 nitrogen and oxygen atoms in total. The van der Waals surface area contributed by atoms with E-state index in [1.54, 1.807) is 39.0 Å². The number of carbonyl (C=O) groups excluding carboxylic acids is 1. The number of rotatable bonds is 15. The van der Waals surface area contributed by atoms with Crippen molar-refractivity contribution >= 4 is 23.7 Å². The van der Waals surface area contributed by atoms with Crippen molar-refractivity contribution in [2.75, 3.05) is 13.6 Å². The molecule has 2 atom stereocenters. The summed E-state index contributed by atoms with van der Waals surface area (Å²) in [6.07, 6.45) is 0.273. The van der Waals surface area contributed by atoms with Crippen LogP contribution in [0.5, 0.6) is 11.5 Å². The number of allylic oxidation sites excluding steroid dienone is 1. The first-order valence-electron chi connectivity index (χ1n) is 13.1. The zero-order chi connectivity index (χ0) is 30.9. The van der Waals surface area contributed by atoms with Crippen LogP contribution >= 0.6 is 7.60 Å². The third-order valence-corrected chi connectivity index (χ3v) is 10.2. The monoisotopic (exact) mass is 612 g/mol. The third kappa shape index (κ3) is 11.6. The van der Waals surface area contributed by atoms with E-state index in [4.69, 9.17) is 23.3 Å². The fourth-order valence-electron chi connectivity index (χ4n) is 3.30. The number of hydrogen-bond acceptors (Lipinski definition) is 9. The Hall–Kier alpha value is -2.69. The molecule has 0 aromatic heterocycles. The van der Waals surface area contributed by atoms with Gasteiger partial charge in [-0.25, -0.2) is 0 Å². The van der Waals surface area contributed by atoms with Crippen molar-refractivity contribution in [2.45, 2.75) is 65.8 Å². The van der Waals surface area contributed by atoms with Crippen LogP contribution in [-0.2, 0) is 44.4 Å². The van der Waals surface area contributed by atoms with E-state index in [0.29, 0.717) is 23.7 Å². The van der Waals surface area contributed by atoms with E-state index in [-0.39, 0.29) is 12.8 Å². The molecule has 12 heteroatoms. The van der Waals surface area contributed by atoms with Gasteiger partial charge in [-0.05, 0) is 69.9 Å². The normalized spacial score (nSPS) is 14.5. The van der Waals surface area contributed by atoms with Crippen molar-refractivity contribution in [3.63, 3.8) is 0 Å². The lowest BCUT2D eigenvalue weighted by Crippen LogP contribution is -2.27. The number of hydrogen-bond donors (Lipinski definition) is 1. The van der Waals surface area contributed by atoms with Crippen LogP contribution in [0.3, 0.4) is 0 Å². The second kappa shape index (κ2) is 14.5. The molecular weight excluding hydrogens is 571 g/mol. The second-order valence-corrected chi connectivity index (χ2v) is 15.6. The molecular formula is C29H41O10PS. The molecule has 1 N–H and O–H groups in total. The molecule has 0 amide bonds. The lowest BCUT2D eigenvalue weighted by atomic mass is 9.95. The largest absolute Gasteiger partial charge is 0.471 e. The van der Waals surface area contributed by atoms with Crippen LogP contribution in [0.2, 0.25) is 0 Å². The van der Waals surface area contributed by atoms with Crippen molar-refractivity contribution in [1.82, 2.24) is 0 Å². The molecule has 0 aliphatic rings. The standard InChI is InChI=1S/C29H41O10PS/c1-22(28(2,3)4)35-20-37-40(31,38-21-36-27(30)29(5,6)7)26(41(32,33)34)18-12-14-23-13-11-17-25(19-23)39-24-15-9-8-10-16-24/h8-11,13,15-17,19,26H,1,12,14,18,20-21H2,2-7H3,(H,32,33,34). The lowest BCUT2D eigenvalue weighted by Gasteiger charge is -2.27. The fraction of sp³-hybridized carbons (Fsp3) is 0.483. The molecule has 2 rings (SSSR count). The van der Waals surface area contributed by atoms with Crippen molar-refractivity contribution in [3.8, 4) is 11.5 Å². The van der Waals surface area contributed by atoms with Gasteiger partial charge in [0.1, 0.15) is 11.5 Å². The Balaban J connectivity index is 2.17. The predicted molar refractivity (Wildman–Crippen MR) is 156 cm³/mol. The molecule has 0 saturated carbocycles. The molecule has 2 aromatic rings. The SMILES string of the molecule is C=C(OCOP(=O)(OCOC(=O)C(C)(C)C)C(CCCc1cccc(Oc2ccccc2)c1)S(=O)(=O)O)C(C)(C)C. The van der Waals surface area contributed by atoms with Gasteiger partial charge in [-0.3, -0.25) is 23.0 Å². The molecule has 0 fully saturated rings. The van der Waals surface area contributed by atoms with Crippen molar-refractivity contribution < 1.29 is 45.6 Å². The number of esters is 1. The Morgan fingerprint density at radius 3 is 2.05 bits per heavy atom. The van der Waals surface area contributed by atoms with Gasteiger partial charge >= 0.3 is 13.6 Å². The van der Waals surface area contributed by atoms with E-state index in [1.807, 2.05) is 57.2 Å². The highest BCUT2D eigenvalue weighted by atomic mass is 32.2. The zero-order valence-corrected chi connectivity index (χ0v) is 26.2. The van der Waals surface area contributed by atoms with Crippen LogP contribution in [0, 0.1) is 10.8 Å². The van der Waals surface area contributed by atoms with E-state index in [2.05, 4.69) is 6.58 Å². The van der Waals surface area contributed by atoms with Crippen LogP contribution in [0.4, 0.5) is 0 Å². The summed E-state index contributed by atoms with van der Waals surface area (Å²) >= 11 is 0. The first-order valence-corrected chi connectivity index (χ1v) is 16.2. The smallest absolute Gasteiger partial charge is 0.357 e. The number of carbonyl (C=O) groups is 1. The van der Waals surface area contributed by atoms with Crippen LogP contribution < -0.4 is 4.74 Å². The van der Waals surface area contributed by atoms with Crippen LogP contribution in [0.1, 0.15) is 59.9 Å². The minimum Gasteiger partial charge on any atom is -0.471 e. The zero-order valence-electron chi connectivity index (χ0n) is 24.5. The summed E-state index contributed by atoms with van der Waals surface area (Å²) in [6, 6.07) is 16.5. The Kier molecular flexibility index (Phi) is 12.2. The van der Waals surface area contributed by atoms with Gasteiger partial charge in [-0.1, -0.05) is 57.7 Å². The van der Waals surface area contributed by atoms with Gasteiger partial charge in [0.2, 0.25) is 6.79 Å². The molecule has 0 aliphatic heterocycles. The molecule has 228 valence electrons. The maximum Gasteiger partial charge on any atom is 0.357 e. The molecule has 0 heterocycles. The van der Waals surface area contributed by atoms with Gasteiger partial charge in [0.05, 0.1) is 11.2 Å². The van der Waals surface area contributed by atoms with Gasteiger partial charge in [0.25, 0.3) is 10.1 Å². The summed E-state index contributed by atoms with van der Waals surface area (Å²) in [5, 5.41) is 0. The number of aryl methyl sites for hydroxylation is 1. The topological polar surface area (TPSA) is 135 Å². The highest BCUT2D eigenvalue weighted by Gasteiger charge is 2.45. The average Bonchev–Trinajstić information content (AvgIpc) is 2.85. The number of para-hydroxylation sites is 1. The minimum absolute atomic E-state index is 0.188. The summed E-state index contributed by atoms with van der Waals surface area (Å²) in [5.41, 5.74) is -0.534. The summed E-state index contributed by atoms with van der Waals surface area (Å²) < 4.78 is 75.6. The van der Waals surface area contributed by atoms with E-state index in [9.17, 15) is 22.3 Å². The third-order valence-electron chi connectivity index (χ3n) is 5.83. The Morgan fingerprint density at radius 2 is 1.49 bits per heavy atom. The Labute approximate surface area is 243 Å². The Morgan fingerprint density at radius 1 is 0.902 bits per heavy atom. The summed E-state index contributed by atoms with van der Waals surface area (Å²) in [5.74, 6) is 0.885. The number of ether oxygens (including phenoxy) is 3. The van der Waals surface area contributed by atoms with Crippen LogP contribution in [-0.4, -0.2) is 37.5 Å². The lowest BCUT2D eigenvalue weighted by molar-refractivity contribution is -0.160. The summed E-state index contributed by atoms with van der Waals surface area (Å²) in [4.78, 5) is 10.2. The van der Waals surface area contributed by atoms with E-state index in [1.165, 1.54) is 0 Å². The average molecular weight is 613 g/mol. The van der Waals surface area contributed by atoms with Gasteiger partial charge < -0.3 is 14.2 Å². The maximum atomic E-state index is 13.8. The van der Waals surface area contributed by atoms with Gasteiger partial charge in [-0.15, -0.1) is 0 Å². The maximum absolute atomic E-state index is 13.8.